The van der Waals surface area contributed by atoms with E-state index in [1.54, 1.807) is 51.1 Å². The number of carbonyl (C=O) groups excluding carboxylic acids is 1. The van der Waals surface area contributed by atoms with E-state index < -0.39 is 28.8 Å². The second-order valence-electron chi connectivity index (χ2n) is 8.55. The summed E-state index contributed by atoms with van der Waals surface area (Å²) >= 11 is 0. The highest BCUT2D eigenvalue weighted by molar-refractivity contribution is 6.04. The van der Waals surface area contributed by atoms with E-state index in [0.717, 1.165) is 5.39 Å². The Labute approximate surface area is 172 Å². The number of aliphatic carboxylic acids is 1. The van der Waals surface area contributed by atoms with Crippen molar-refractivity contribution in [2.75, 3.05) is 6.54 Å². The molecule has 0 unspecified atom stereocenters. The number of rotatable bonds is 2. The van der Waals surface area contributed by atoms with Crippen LogP contribution in [0.3, 0.4) is 0 Å². The first-order valence-electron chi connectivity index (χ1n) is 9.83. The quantitative estimate of drug-likeness (QED) is 0.502. The molecule has 7 nitrogen and oxygen atoms in total. The first-order chi connectivity index (χ1) is 14.1. The molecule has 0 spiro atoms. The molecule has 1 aliphatic rings. The lowest BCUT2D eigenvalue weighted by Crippen LogP contribution is -2.52. The van der Waals surface area contributed by atoms with Gasteiger partial charge in [0.25, 0.3) is 0 Å². The number of hydrogen-bond acceptors (Lipinski definition) is 5. The monoisotopic (exact) mass is 409 g/mol. The van der Waals surface area contributed by atoms with Crippen LogP contribution in [0.5, 0.6) is 0 Å². The fourth-order valence-electron chi connectivity index (χ4n) is 4.17. The number of benzene rings is 2. The lowest BCUT2D eigenvalue weighted by molar-refractivity contribution is -0.150. The molecule has 1 fully saturated rings. The molecule has 0 saturated carbocycles. The molecule has 2 aromatic carbocycles. The van der Waals surface area contributed by atoms with Crippen molar-refractivity contribution < 1.29 is 23.8 Å². The van der Waals surface area contributed by atoms with Crippen LogP contribution in [0.4, 0.5) is 4.79 Å². The van der Waals surface area contributed by atoms with Crippen LogP contribution < -0.4 is 5.63 Å². The second kappa shape index (κ2) is 6.86. The van der Waals surface area contributed by atoms with Crippen molar-refractivity contribution in [1.29, 1.82) is 0 Å². The fourth-order valence-corrected chi connectivity index (χ4v) is 4.17. The number of ether oxygens (including phenoxy) is 1. The normalized spacial score (nSPS) is 19.4. The molecular weight excluding hydrogens is 386 g/mol. The van der Waals surface area contributed by atoms with Gasteiger partial charge in [-0.25, -0.2) is 14.4 Å². The Bertz CT molecular complexity index is 1220. The molecular formula is C23H23NO6. The molecule has 0 aliphatic carbocycles. The highest BCUT2D eigenvalue weighted by Crippen LogP contribution is 2.41. The zero-order valence-corrected chi connectivity index (χ0v) is 17.1. The molecule has 0 bridgehead atoms. The van der Waals surface area contributed by atoms with Crippen molar-refractivity contribution in [2.24, 2.45) is 0 Å². The molecule has 7 heteroatoms. The smallest absolute Gasteiger partial charge is 0.411 e. The number of likely N-dealkylation sites (tertiary alicyclic amines) is 1. The first-order valence-corrected chi connectivity index (χ1v) is 9.83. The third-order valence-corrected chi connectivity index (χ3v) is 5.45. The molecule has 0 radical (unpaired) electrons. The van der Waals surface area contributed by atoms with Crippen LogP contribution in [-0.2, 0) is 15.1 Å². The number of hydrogen-bond donors (Lipinski definition) is 1. The highest BCUT2D eigenvalue weighted by Gasteiger charge is 2.52. The Morgan fingerprint density at radius 3 is 2.47 bits per heavy atom. The number of nitrogens with zero attached hydrogens (tertiary/aromatic N) is 1. The van der Waals surface area contributed by atoms with Crippen molar-refractivity contribution >= 4 is 33.8 Å². The molecule has 1 saturated heterocycles. The highest BCUT2D eigenvalue weighted by atomic mass is 16.6. The largest absolute Gasteiger partial charge is 0.479 e. The maximum Gasteiger partial charge on any atom is 0.411 e. The molecule has 1 aliphatic heterocycles. The fraction of sp³-hybridized carbons (Fsp3) is 0.348. The summed E-state index contributed by atoms with van der Waals surface area (Å²) in [5, 5.41) is 12.1. The summed E-state index contributed by atoms with van der Waals surface area (Å²) in [4.78, 5) is 39.0. The number of carboxylic acids is 1. The summed E-state index contributed by atoms with van der Waals surface area (Å²) in [6.45, 7) is 5.47. The number of fused-ring (bicyclic) bond motifs is 3. The summed E-state index contributed by atoms with van der Waals surface area (Å²) in [6, 6.07) is 12.1. The predicted octanol–water partition coefficient (Wildman–Crippen LogP) is 4.26. The first kappa shape index (κ1) is 19.9. The Kier molecular flexibility index (Phi) is 4.56. The molecule has 3 aromatic rings. The van der Waals surface area contributed by atoms with Gasteiger partial charge in [0, 0.05) is 11.9 Å². The topological polar surface area (TPSA) is 97.1 Å². The van der Waals surface area contributed by atoms with Gasteiger partial charge in [-0.05, 0) is 56.7 Å². The molecule has 4 rings (SSSR count). The van der Waals surface area contributed by atoms with Gasteiger partial charge in [0.05, 0.1) is 5.39 Å². The van der Waals surface area contributed by atoms with Gasteiger partial charge in [0.1, 0.15) is 11.2 Å². The molecule has 2 heterocycles. The summed E-state index contributed by atoms with van der Waals surface area (Å²) in [5.41, 5.74) is -2.16. The average molecular weight is 409 g/mol. The van der Waals surface area contributed by atoms with Gasteiger partial charge >= 0.3 is 17.7 Å². The number of amides is 1. The van der Waals surface area contributed by atoms with Crippen molar-refractivity contribution in [2.45, 2.75) is 44.8 Å². The third kappa shape index (κ3) is 3.10. The molecule has 1 amide bonds. The lowest BCUT2D eigenvalue weighted by atomic mass is 9.86. The molecule has 30 heavy (non-hydrogen) atoms. The molecule has 1 aromatic heterocycles. The maximum absolute atomic E-state index is 12.8. The minimum atomic E-state index is -1.58. The van der Waals surface area contributed by atoms with Crippen LogP contribution in [0.1, 0.15) is 39.2 Å². The van der Waals surface area contributed by atoms with Crippen molar-refractivity contribution in [1.82, 2.24) is 4.90 Å². The van der Waals surface area contributed by atoms with E-state index in [2.05, 4.69) is 0 Å². The Morgan fingerprint density at radius 1 is 1.10 bits per heavy atom. The standard InChI is InChI=1S/C23H23NO6/c1-22(2,3)30-21(28)24-12-6-11-23(24,20(26)27)14-9-10-16-15-7-4-5-8-17(15)19(25)29-18(16)13-14/h4-5,7-10,13H,6,11-12H2,1-3H3,(H,26,27)/t23-/m0/s1. The second-order valence-corrected chi connectivity index (χ2v) is 8.55. The summed E-state index contributed by atoms with van der Waals surface area (Å²) in [5.74, 6) is -1.15. The maximum atomic E-state index is 12.8. The minimum Gasteiger partial charge on any atom is -0.479 e. The lowest BCUT2D eigenvalue weighted by Gasteiger charge is -2.36. The van der Waals surface area contributed by atoms with Crippen molar-refractivity contribution in [3.8, 4) is 0 Å². The van der Waals surface area contributed by atoms with Crippen LogP contribution in [0, 0.1) is 0 Å². The van der Waals surface area contributed by atoms with Gasteiger partial charge in [-0.1, -0.05) is 30.3 Å². The van der Waals surface area contributed by atoms with Gasteiger partial charge in [0.2, 0.25) is 0 Å². The Balaban J connectivity index is 1.89. The Morgan fingerprint density at radius 2 is 1.80 bits per heavy atom. The number of carbonyl (C=O) groups is 2. The summed E-state index contributed by atoms with van der Waals surface area (Å²) in [6.07, 6.45) is 0.0818. The predicted molar refractivity (Wildman–Crippen MR) is 111 cm³/mol. The average Bonchev–Trinajstić information content (AvgIpc) is 3.13. The molecule has 1 N–H and O–H groups in total. The van der Waals surface area contributed by atoms with E-state index >= 15 is 0 Å². The van der Waals surface area contributed by atoms with Crippen LogP contribution >= 0.6 is 0 Å². The molecule has 156 valence electrons. The van der Waals surface area contributed by atoms with E-state index in [4.69, 9.17) is 9.15 Å². The zero-order chi connectivity index (χ0) is 21.7. The van der Waals surface area contributed by atoms with Crippen LogP contribution in [0.15, 0.2) is 51.7 Å². The molecule has 1 atom stereocenters. The van der Waals surface area contributed by atoms with Gasteiger partial charge < -0.3 is 14.3 Å². The van der Waals surface area contributed by atoms with E-state index in [0.29, 0.717) is 22.8 Å². The van der Waals surface area contributed by atoms with Crippen molar-refractivity contribution in [3.63, 3.8) is 0 Å². The van der Waals surface area contributed by atoms with E-state index in [1.807, 2.05) is 12.1 Å². The summed E-state index contributed by atoms with van der Waals surface area (Å²) in [7, 11) is 0. The van der Waals surface area contributed by atoms with E-state index in [1.165, 1.54) is 4.90 Å². The Hall–Kier alpha value is -3.35. The number of carboxylic acid groups (broad SMARTS) is 1. The van der Waals surface area contributed by atoms with Crippen LogP contribution in [-0.4, -0.2) is 34.2 Å². The summed E-state index contributed by atoms with van der Waals surface area (Å²) < 4.78 is 11.0. The van der Waals surface area contributed by atoms with Gasteiger partial charge in [-0.3, -0.25) is 4.90 Å². The minimum absolute atomic E-state index is 0.241. The van der Waals surface area contributed by atoms with Crippen LogP contribution in [0.25, 0.3) is 21.7 Å². The van der Waals surface area contributed by atoms with E-state index in [-0.39, 0.29) is 18.5 Å². The van der Waals surface area contributed by atoms with Gasteiger partial charge in [-0.15, -0.1) is 0 Å². The third-order valence-electron chi connectivity index (χ3n) is 5.45. The SMILES string of the molecule is CC(C)(C)OC(=O)N1CCC[C@@]1(C(=O)O)c1ccc2c(c1)oc(=O)c1ccccc12. The van der Waals surface area contributed by atoms with Gasteiger partial charge in [0.15, 0.2) is 5.54 Å². The van der Waals surface area contributed by atoms with Gasteiger partial charge in [-0.2, -0.15) is 0 Å². The van der Waals surface area contributed by atoms with Crippen molar-refractivity contribution in [3.05, 3.63) is 58.4 Å². The van der Waals surface area contributed by atoms with Crippen LogP contribution in [0.2, 0.25) is 0 Å². The van der Waals surface area contributed by atoms with E-state index in [9.17, 15) is 19.5 Å². The zero-order valence-electron chi connectivity index (χ0n) is 17.1.